The van der Waals surface area contributed by atoms with Gasteiger partial charge in [0.15, 0.2) is 0 Å². The predicted octanol–water partition coefficient (Wildman–Crippen LogP) is 3.17. The van der Waals surface area contributed by atoms with E-state index in [-0.39, 0.29) is 5.82 Å². The molecule has 0 fully saturated rings. The fourth-order valence-electron chi connectivity index (χ4n) is 1.51. The van der Waals surface area contributed by atoms with Crippen molar-refractivity contribution in [3.63, 3.8) is 0 Å². The molecule has 1 aromatic carbocycles. The Kier molecular flexibility index (Phi) is 3.91. The fraction of sp³-hybridized carbons (Fsp3) is 0.250. The summed E-state index contributed by atoms with van der Waals surface area (Å²) in [7, 11) is 0. The second-order valence-electron chi connectivity index (χ2n) is 3.77. The first kappa shape index (κ1) is 12.3. The molecule has 0 saturated carbocycles. The lowest BCUT2D eigenvalue weighted by molar-refractivity contribution is 0.388. The van der Waals surface area contributed by atoms with E-state index in [1.165, 1.54) is 6.07 Å². The summed E-state index contributed by atoms with van der Waals surface area (Å²) < 4.78 is 19.2. The standard InChI is InChI=1S/C12H12BrFN2O/c1-8-4-11(16-17-8)7-15-6-9-5-10(13)2-3-12(9)14/h2-5,15H,6-7H2,1H3. The summed E-state index contributed by atoms with van der Waals surface area (Å²) >= 11 is 3.31. The first-order valence-electron chi connectivity index (χ1n) is 5.22. The van der Waals surface area contributed by atoms with Gasteiger partial charge >= 0.3 is 0 Å². The van der Waals surface area contributed by atoms with Gasteiger partial charge in [0.2, 0.25) is 0 Å². The van der Waals surface area contributed by atoms with Crippen LogP contribution in [0, 0.1) is 12.7 Å². The lowest BCUT2D eigenvalue weighted by Gasteiger charge is -2.04. The molecule has 0 aliphatic rings. The Morgan fingerprint density at radius 1 is 1.35 bits per heavy atom. The fourth-order valence-corrected chi connectivity index (χ4v) is 1.91. The van der Waals surface area contributed by atoms with E-state index in [1.54, 1.807) is 12.1 Å². The molecule has 0 saturated heterocycles. The third-order valence-corrected chi connectivity index (χ3v) is 2.80. The smallest absolute Gasteiger partial charge is 0.133 e. The minimum absolute atomic E-state index is 0.211. The van der Waals surface area contributed by atoms with E-state index >= 15 is 0 Å². The van der Waals surface area contributed by atoms with Gasteiger partial charge in [-0.3, -0.25) is 0 Å². The number of rotatable bonds is 4. The molecule has 17 heavy (non-hydrogen) atoms. The molecule has 1 aromatic heterocycles. The first-order valence-corrected chi connectivity index (χ1v) is 6.01. The average molecular weight is 299 g/mol. The Balaban J connectivity index is 1.91. The summed E-state index contributed by atoms with van der Waals surface area (Å²) in [5.41, 5.74) is 1.44. The van der Waals surface area contributed by atoms with E-state index in [2.05, 4.69) is 26.4 Å². The maximum absolute atomic E-state index is 13.4. The van der Waals surface area contributed by atoms with Gasteiger partial charge in [-0.25, -0.2) is 4.39 Å². The highest BCUT2D eigenvalue weighted by atomic mass is 79.9. The number of benzene rings is 1. The topological polar surface area (TPSA) is 38.1 Å². The Bertz CT molecular complexity index is 513. The third-order valence-electron chi connectivity index (χ3n) is 2.31. The molecule has 1 N–H and O–H groups in total. The van der Waals surface area contributed by atoms with Crippen molar-refractivity contribution in [2.75, 3.05) is 0 Å². The highest BCUT2D eigenvalue weighted by Gasteiger charge is 2.04. The number of halogens is 2. The molecule has 0 bridgehead atoms. The summed E-state index contributed by atoms with van der Waals surface area (Å²) in [6, 6.07) is 6.74. The van der Waals surface area contributed by atoms with Crippen LogP contribution in [-0.4, -0.2) is 5.16 Å². The molecule has 0 aliphatic heterocycles. The van der Waals surface area contributed by atoms with Gasteiger partial charge in [0.25, 0.3) is 0 Å². The van der Waals surface area contributed by atoms with Crippen LogP contribution in [0.2, 0.25) is 0 Å². The van der Waals surface area contributed by atoms with Crippen LogP contribution in [0.1, 0.15) is 17.0 Å². The molecule has 2 aromatic rings. The number of aryl methyl sites for hydroxylation is 1. The number of aromatic nitrogens is 1. The van der Waals surface area contributed by atoms with Crippen LogP contribution in [-0.2, 0) is 13.1 Å². The Morgan fingerprint density at radius 3 is 2.88 bits per heavy atom. The molecule has 0 atom stereocenters. The Hall–Kier alpha value is -1.20. The van der Waals surface area contributed by atoms with E-state index in [0.29, 0.717) is 18.7 Å². The van der Waals surface area contributed by atoms with Crippen molar-refractivity contribution in [1.82, 2.24) is 10.5 Å². The molecule has 0 spiro atoms. The van der Waals surface area contributed by atoms with Crippen LogP contribution in [0.4, 0.5) is 4.39 Å². The van der Waals surface area contributed by atoms with Crippen molar-refractivity contribution in [2.45, 2.75) is 20.0 Å². The highest BCUT2D eigenvalue weighted by Crippen LogP contribution is 2.15. The van der Waals surface area contributed by atoms with E-state index in [4.69, 9.17) is 4.52 Å². The minimum atomic E-state index is -0.211. The largest absolute Gasteiger partial charge is 0.361 e. The van der Waals surface area contributed by atoms with Gasteiger partial charge in [0, 0.05) is 29.2 Å². The number of hydrogen-bond acceptors (Lipinski definition) is 3. The van der Waals surface area contributed by atoms with Crippen molar-refractivity contribution in [3.05, 3.63) is 51.6 Å². The zero-order valence-electron chi connectivity index (χ0n) is 9.34. The molecule has 0 radical (unpaired) electrons. The number of hydrogen-bond donors (Lipinski definition) is 1. The lowest BCUT2D eigenvalue weighted by Crippen LogP contribution is -2.13. The Morgan fingerprint density at radius 2 is 2.18 bits per heavy atom. The second kappa shape index (κ2) is 5.42. The average Bonchev–Trinajstić information content (AvgIpc) is 2.69. The van der Waals surface area contributed by atoms with Gasteiger partial charge in [0.05, 0.1) is 5.69 Å². The van der Waals surface area contributed by atoms with Crippen molar-refractivity contribution in [2.24, 2.45) is 0 Å². The molecular formula is C12H12BrFN2O. The number of nitrogens with one attached hydrogen (secondary N) is 1. The van der Waals surface area contributed by atoms with Gasteiger partial charge in [-0.1, -0.05) is 21.1 Å². The van der Waals surface area contributed by atoms with Crippen LogP contribution in [0.3, 0.4) is 0 Å². The first-order chi connectivity index (χ1) is 8.15. The number of nitrogens with zero attached hydrogens (tertiary/aromatic N) is 1. The highest BCUT2D eigenvalue weighted by molar-refractivity contribution is 9.10. The van der Waals surface area contributed by atoms with Crippen LogP contribution >= 0.6 is 15.9 Å². The van der Waals surface area contributed by atoms with Gasteiger partial charge < -0.3 is 9.84 Å². The molecular weight excluding hydrogens is 287 g/mol. The second-order valence-corrected chi connectivity index (χ2v) is 4.68. The van der Waals surface area contributed by atoms with Crippen LogP contribution in [0.25, 0.3) is 0 Å². The molecule has 2 rings (SSSR count). The maximum atomic E-state index is 13.4. The monoisotopic (exact) mass is 298 g/mol. The van der Waals surface area contributed by atoms with Gasteiger partial charge in [0.1, 0.15) is 11.6 Å². The summed E-state index contributed by atoms with van der Waals surface area (Å²) in [6.07, 6.45) is 0. The molecule has 0 amide bonds. The van der Waals surface area contributed by atoms with Crippen LogP contribution < -0.4 is 5.32 Å². The zero-order valence-corrected chi connectivity index (χ0v) is 10.9. The van der Waals surface area contributed by atoms with Gasteiger partial charge in [-0.05, 0) is 25.1 Å². The van der Waals surface area contributed by atoms with Crippen molar-refractivity contribution >= 4 is 15.9 Å². The van der Waals surface area contributed by atoms with Gasteiger partial charge in [-0.15, -0.1) is 0 Å². The molecule has 0 unspecified atom stereocenters. The van der Waals surface area contributed by atoms with E-state index in [1.807, 2.05) is 13.0 Å². The lowest BCUT2D eigenvalue weighted by atomic mass is 10.2. The molecule has 3 nitrogen and oxygen atoms in total. The van der Waals surface area contributed by atoms with Crippen molar-refractivity contribution in [1.29, 1.82) is 0 Å². The van der Waals surface area contributed by atoms with E-state index in [9.17, 15) is 4.39 Å². The molecule has 90 valence electrons. The normalized spacial score (nSPS) is 10.8. The minimum Gasteiger partial charge on any atom is -0.361 e. The quantitative estimate of drug-likeness (QED) is 0.942. The van der Waals surface area contributed by atoms with Crippen LogP contribution in [0.5, 0.6) is 0 Å². The van der Waals surface area contributed by atoms with Gasteiger partial charge in [-0.2, -0.15) is 0 Å². The summed E-state index contributed by atoms with van der Waals surface area (Å²) in [6.45, 7) is 2.85. The molecule has 0 aliphatic carbocycles. The SMILES string of the molecule is Cc1cc(CNCc2cc(Br)ccc2F)no1. The summed E-state index contributed by atoms with van der Waals surface area (Å²) in [5.74, 6) is 0.562. The predicted molar refractivity (Wildman–Crippen MR) is 65.9 cm³/mol. The zero-order chi connectivity index (χ0) is 12.3. The molecule has 5 heteroatoms. The molecule has 1 heterocycles. The van der Waals surface area contributed by atoms with E-state index < -0.39 is 0 Å². The summed E-state index contributed by atoms with van der Waals surface area (Å²) in [5, 5.41) is 6.96. The maximum Gasteiger partial charge on any atom is 0.133 e. The van der Waals surface area contributed by atoms with Crippen molar-refractivity contribution < 1.29 is 8.91 Å². The van der Waals surface area contributed by atoms with E-state index in [0.717, 1.165) is 15.9 Å². The summed E-state index contributed by atoms with van der Waals surface area (Å²) in [4.78, 5) is 0. The Labute approximate surface area is 107 Å². The van der Waals surface area contributed by atoms with Crippen LogP contribution in [0.15, 0.2) is 33.3 Å². The third kappa shape index (κ3) is 3.38. The van der Waals surface area contributed by atoms with Crippen molar-refractivity contribution in [3.8, 4) is 0 Å².